The number of rotatable bonds is 4. The minimum atomic E-state index is -0.364. The van der Waals surface area contributed by atoms with Crippen LogP contribution >= 0.6 is 0 Å². The topological polar surface area (TPSA) is 64.8 Å². The van der Waals surface area contributed by atoms with E-state index in [1.807, 2.05) is 19.9 Å². The molecule has 0 N–H and O–H groups in total. The Morgan fingerprint density at radius 3 is 2.46 bits per heavy atom. The normalized spacial score (nSPS) is 21.8. The van der Waals surface area contributed by atoms with Gasteiger partial charge in [-0.25, -0.2) is 0 Å². The molecule has 6 nitrogen and oxygen atoms in total. The molecule has 1 atom stereocenters. The molecule has 1 spiro atoms. The van der Waals surface area contributed by atoms with Crippen molar-refractivity contribution < 1.29 is 14.4 Å². The van der Waals surface area contributed by atoms with Crippen LogP contribution in [0.25, 0.3) is 0 Å². The molecule has 1 saturated carbocycles. The number of ether oxygens (including phenoxy) is 2. The third kappa shape index (κ3) is 2.58. The van der Waals surface area contributed by atoms with Crippen LogP contribution in [0.15, 0.2) is 30.3 Å². The summed E-state index contributed by atoms with van der Waals surface area (Å²) in [4.78, 5) is 13.1. The first-order valence-corrected chi connectivity index (χ1v) is 9.93. The van der Waals surface area contributed by atoms with Gasteiger partial charge in [0.25, 0.3) is 5.69 Å². The van der Waals surface area contributed by atoms with Crippen molar-refractivity contribution in [3.05, 3.63) is 57.1 Å². The molecule has 2 aromatic rings. The number of hydrogen-bond donors (Lipinski definition) is 0. The predicted octanol–water partition coefficient (Wildman–Crippen LogP) is 4.99. The van der Waals surface area contributed by atoms with Crippen molar-refractivity contribution >= 4 is 11.4 Å². The van der Waals surface area contributed by atoms with Crippen molar-refractivity contribution in [3.63, 3.8) is 0 Å². The third-order valence-corrected chi connectivity index (χ3v) is 6.53. The molecule has 2 aromatic carbocycles. The van der Waals surface area contributed by atoms with Crippen molar-refractivity contribution in [1.82, 2.24) is 0 Å². The molecule has 5 rings (SSSR count). The number of hydrogen-bond acceptors (Lipinski definition) is 5. The molecule has 2 heterocycles. The molecule has 6 heteroatoms. The smallest absolute Gasteiger partial charge is 0.270 e. The molecule has 146 valence electrons. The highest BCUT2D eigenvalue weighted by molar-refractivity contribution is 5.66. The number of aryl methyl sites for hydroxylation is 2. The molecule has 1 saturated heterocycles. The standard InChI is InChI=1S/C22H24N2O4/c1-14-10-16(24(25)26)11-15(2)21(14)28-17-4-5-19-18(12-17)22(7-3-8-22)13-23(19)20-6-9-27-20/h4-5,10-12,20H,3,6-9,13H2,1-2H3. The van der Waals surface area contributed by atoms with Gasteiger partial charge in [0.15, 0.2) is 0 Å². The van der Waals surface area contributed by atoms with Crippen LogP contribution in [-0.4, -0.2) is 24.3 Å². The van der Waals surface area contributed by atoms with E-state index in [2.05, 4.69) is 17.0 Å². The maximum Gasteiger partial charge on any atom is 0.270 e. The van der Waals surface area contributed by atoms with Gasteiger partial charge in [0, 0.05) is 36.2 Å². The second kappa shape index (κ2) is 6.21. The summed E-state index contributed by atoms with van der Waals surface area (Å²) in [6.45, 7) is 5.59. The Hall–Kier alpha value is -2.60. The summed E-state index contributed by atoms with van der Waals surface area (Å²) >= 11 is 0. The van der Waals surface area contributed by atoms with Gasteiger partial charge < -0.3 is 14.4 Å². The SMILES string of the molecule is Cc1cc([N+](=O)[O-])cc(C)c1Oc1ccc2c(c1)C1(CCC1)CN2C1CCO1. The minimum absolute atomic E-state index is 0.0980. The quantitative estimate of drug-likeness (QED) is 0.552. The lowest BCUT2D eigenvalue weighted by Gasteiger charge is -2.42. The van der Waals surface area contributed by atoms with Crippen LogP contribution in [0.4, 0.5) is 11.4 Å². The first-order valence-electron chi connectivity index (χ1n) is 9.93. The maximum absolute atomic E-state index is 11.1. The molecular formula is C22H24N2O4. The van der Waals surface area contributed by atoms with E-state index in [0.717, 1.165) is 36.4 Å². The highest BCUT2D eigenvalue weighted by atomic mass is 16.6. The summed E-state index contributed by atoms with van der Waals surface area (Å²) in [5.74, 6) is 1.49. The fourth-order valence-electron chi connectivity index (χ4n) is 4.82. The summed E-state index contributed by atoms with van der Waals surface area (Å²) in [6, 6.07) is 9.46. The van der Waals surface area contributed by atoms with Crippen molar-refractivity contribution in [1.29, 1.82) is 0 Å². The van der Waals surface area contributed by atoms with E-state index in [-0.39, 0.29) is 22.3 Å². The third-order valence-electron chi connectivity index (χ3n) is 6.53. The molecule has 0 aromatic heterocycles. The average molecular weight is 380 g/mol. The van der Waals surface area contributed by atoms with Crippen molar-refractivity contribution in [3.8, 4) is 11.5 Å². The van der Waals surface area contributed by atoms with Gasteiger partial charge in [-0.3, -0.25) is 10.1 Å². The Bertz CT molecular complexity index is 940. The van der Waals surface area contributed by atoms with Gasteiger partial charge in [-0.05, 0) is 61.6 Å². The second-order valence-corrected chi connectivity index (χ2v) is 8.32. The van der Waals surface area contributed by atoms with E-state index in [4.69, 9.17) is 9.47 Å². The van der Waals surface area contributed by atoms with E-state index in [1.54, 1.807) is 12.1 Å². The van der Waals surface area contributed by atoms with E-state index >= 15 is 0 Å². The van der Waals surface area contributed by atoms with E-state index in [1.165, 1.54) is 30.5 Å². The zero-order valence-electron chi connectivity index (χ0n) is 16.2. The van der Waals surface area contributed by atoms with Crippen LogP contribution in [0, 0.1) is 24.0 Å². The number of nitrogens with zero attached hydrogens (tertiary/aromatic N) is 2. The molecule has 1 unspecified atom stereocenters. The van der Waals surface area contributed by atoms with Gasteiger partial charge in [-0.2, -0.15) is 0 Å². The second-order valence-electron chi connectivity index (χ2n) is 8.32. The van der Waals surface area contributed by atoms with Crippen LogP contribution < -0.4 is 9.64 Å². The molecule has 28 heavy (non-hydrogen) atoms. The van der Waals surface area contributed by atoms with Crippen LogP contribution in [-0.2, 0) is 10.2 Å². The van der Waals surface area contributed by atoms with Crippen LogP contribution in [0.1, 0.15) is 42.4 Å². The monoisotopic (exact) mass is 380 g/mol. The fourth-order valence-corrected chi connectivity index (χ4v) is 4.82. The van der Waals surface area contributed by atoms with Crippen LogP contribution in [0.3, 0.4) is 0 Å². The zero-order valence-corrected chi connectivity index (χ0v) is 16.2. The maximum atomic E-state index is 11.1. The number of benzene rings is 2. The molecule has 0 bridgehead atoms. The lowest BCUT2D eigenvalue weighted by atomic mass is 9.66. The van der Waals surface area contributed by atoms with Gasteiger partial charge in [0.05, 0.1) is 11.5 Å². The van der Waals surface area contributed by atoms with E-state index < -0.39 is 0 Å². The van der Waals surface area contributed by atoms with Gasteiger partial charge >= 0.3 is 0 Å². The largest absolute Gasteiger partial charge is 0.457 e. The zero-order chi connectivity index (χ0) is 19.5. The summed E-state index contributed by atoms with van der Waals surface area (Å²) in [7, 11) is 0. The Morgan fingerprint density at radius 2 is 1.93 bits per heavy atom. The number of nitro groups is 1. The number of nitro benzene ring substituents is 1. The van der Waals surface area contributed by atoms with Gasteiger partial charge in [-0.1, -0.05) is 6.42 Å². The lowest BCUT2D eigenvalue weighted by molar-refractivity contribution is -0.385. The molecule has 2 fully saturated rings. The first-order chi connectivity index (χ1) is 13.5. The van der Waals surface area contributed by atoms with Gasteiger partial charge in [0.1, 0.15) is 17.7 Å². The average Bonchev–Trinajstić information content (AvgIpc) is 2.91. The van der Waals surface area contributed by atoms with Gasteiger partial charge in [0.2, 0.25) is 0 Å². The first kappa shape index (κ1) is 17.5. The van der Waals surface area contributed by atoms with E-state index in [9.17, 15) is 10.1 Å². The highest BCUT2D eigenvalue weighted by Crippen LogP contribution is 2.54. The minimum Gasteiger partial charge on any atom is -0.457 e. The molecule has 2 aliphatic heterocycles. The van der Waals surface area contributed by atoms with Crippen molar-refractivity contribution in [2.45, 2.75) is 51.2 Å². The number of non-ortho nitro benzene ring substituents is 1. The Morgan fingerprint density at radius 1 is 1.21 bits per heavy atom. The van der Waals surface area contributed by atoms with Crippen LogP contribution in [0.5, 0.6) is 11.5 Å². The lowest BCUT2D eigenvalue weighted by Crippen LogP contribution is -2.48. The molecular weight excluding hydrogens is 356 g/mol. The fraction of sp³-hybridized carbons (Fsp3) is 0.455. The van der Waals surface area contributed by atoms with Crippen molar-refractivity contribution in [2.24, 2.45) is 0 Å². The molecule has 0 radical (unpaired) electrons. The van der Waals surface area contributed by atoms with Crippen LogP contribution in [0.2, 0.25) is 0 Å². The van der Waals surface area contributed by atoms with E-state index in [0.29, 0.717) is 5.75 Å². The molecule has 0 amide bonds. The summed E-state index contributed by atoms with van der Waals surface area (Å²) < 4.78 is 12.0. The highest BCUT2D eigenvalue weighted by Gasteiger charge is 2.49. The number of fused-ring (bicyclic) bond motifs is 2. The summed E-state index contributed by atoms with van der Waals surface area (Å²) in [5, 5.41) is 11.1. The Kier molecular flexibility index (Phi) is 3.88. The van der Waals surface area contributed by atoms with Gasteiger partial charge in [-0.15, -0.1) is 0 Å². The summed E-state index contributed by atoms with van der Waals surface area (Å²) in [6.07, 6.45) is 4.99. The Balaban J connectivity index is 1.48. The van der Waals surface area contributed by atoms with Crippen molar-refractivity contribution in [2.75, 3.05) is 18.1 Å². The predicted molar refractivity (Wildman–Crippen MR) is 106 cm³/mol. The molecule has 1 aliphatic carbocycles. The Labute approximate surface area is 164 Å². The summed E-state index contributed by atoms with van der Waals surface area (Å²) in [5.41, 5.74) is 4.51. The molecule has 3 aliphatic rings. The number of anilines is 1.